The summed E-state index contributed by atoms with van der Waals surface area (Å²) in [5.74, 6) is -0.345. The Balaban J connectivity index is -0.0000000383. The van der Waals surface area contributed by atoms with Crippen molar-refractivity contribution in [3.8, 4) is 0 Å². The third-order valence-electron chi connectivity index (χ3n) is 0.822. The van der Waals surface area contributed by atoms with E-state index in [9.17, 15) is 4.79 Å². The van der Waals surface area contributed by atoms with E-state index in [-0.39, 0.29) is 54.0 Å². The average molecular weight is 247 g/mol. The van der Waals surface area contributed by atoms with E-state index in [1.165, 1.54) is 0 Å². The maximum Gasteiger partial charge on any atom is 0.316 e. The van der Waals surface area contributed by atoms with Crippen molar-refractivity contribution in [1.29, 1.82) is 0 Å². The first kappa shape index (κ1) is 29.6. The normalized spacial score (nSPS) is 9.33. The number of nitrogens with two attached hydrogens (primary N) is 1. The average Bonchev–Trinajstić information content (AvgIpc) is 1.82. The van der Waals surface area contributed by atoms with Crippen LogP contribution in [0.25, 0.3) is 0 Å². The van der Waals surface area contributed by atoms with Crippen molar-refractivity contribution < 1.29 is 24.0 Å². The van der Waals surface area contributed by atoms with Gasteiger partial charge in [0.05, 0.1) is 0 Å². The Labute approximate surface area is 118 Å². The molecule has 0 unspecified atom stereocenters. The van der Waals surface area contributed by atoms with E-state index in [2.05, 4.69) is 0 Å². The predicted octanol–water partition coefficient (Wildman–Crippen LogP) is -3.57. The number of rotatable bonds is 1. The summed E-state index contributed by atoms with van der Waals surface area (Å²) in [7, 11) is -4.61. The Kier molecular flexibility index (Phi) is 28.8. The zero-order valence-corrected chi connectivity index (χ0v) is 8.56. The molecule has 86 valence electrons. The van der Waals surface area contributed by atoms with Crippen LogP contribution in [0.4, 0.5) is 0 Å². The summed E-state index contributed by atoms with van der Waals surface area (Å²) in [5, 5.41) is 0. The molecule has 0 bridgehead atoms. The molecular weight excluding hydrogens is 227 g/mol. The van der Waals surface area contributed by atoms with Gasteiger partial charge >= 0.3 is 51.0 Å². The van der Waals surface area contributed by atoms with Crippen molar-refractivity contribution in [1.82, 2.24) is 6.15 Å². The van der Waals surface area contributed by atoms with Crippen LogP contribution in [0.2, 0.25) is 0 Å². The Bertz CT molecular complexity index is 181. The smallest absolute Gasteiger partial charge is 0.316 e. The standard InChI is InChI=1S/C5H9NO.Li.Mg.H3N.H4O4Si.3H/c1-3-4(2)5(6)7;;;;1-5(2,3)4;;;/h3H,1-2H3,(H2,6,7);;;1H3;1-4H;;;. The molecule has 7 nitrogen and oxygen atoms in total. The van der Waals surface area contributed by atoms with Crippen molar-refractivity contribution in [2.45, 2.75) is 13.8 Å². The summed E-state index contributed by atoms with van der Waals surface area (Å²) >= 11 is 0. The number of carbonyl (C=O) groups excluding carboxylic acids is 1. The maximum absolute atomic E-state index is 10.1. The van der Waals surface area contributed by atoms with Crippen molar-refractivity contribution in [3.63, 3.8) is 0 Å². The first-order chi connectivity index (χ1) is 5.18. The largest absolute Gasteiger partial charge is 0.316 e. The molecule has 0 aromatic carbocycles. The molecule has 0 atom stereocenters. The van der Waals surface area contributed by atoms with E-state index in [4.69, 9.17) is 24.9 Å². The van der Waals surface area contributed by atoms with Gasteiger partial charge in [-0.1, -0.05) is 6.08 Å². The van der Waals surface area contributed by atoms with Crippen LogP contribution >= 0.6 is 0 Å². The summed E-state index contributed by atoms with van der Waals surface area (Å²) < 4.78 is 0. The zero-order chi connectivity index (χ0) is 10.4. The van der Waals surface area contributed by atoms with Gasteiger partial charge in [0.15, 0.2) is 0 Å². The van der Waals surface area contributed by atoms with Crippen LogP contribution in [0.5, 0.6) is 0 Å². The molecule has 0 fully saturated rings. The molecule has 0 spiro atoms. The Morgan fingerprint density at radius 3 is 1.47 bits per heavy atom. The molecule has 0 aliphatic rings. The molecule has 0 heterocycles. The molecule has 9 N–H and O–H groups in total. The molecule has 15 heavy (non-hydrogen) atoms. The minimum Gasteiger partial charge on any atom is 0.316 e. The monoisotopic (exact) mass is 246 g/mol. The summed E-state index contributed by atoms with van der Waals surface area (Å²) in [5.41, 5.74) is 5.45. The van der Waals surface area contributed by atoms with Crippen LogP contribution in [0.1, 0.15) is 13.8 Å². The molecule has 0 radical (unpaired) electrons. The third-order valence-corrected chi connectivity index (χ3v) is 0.822. The fourth-order valence-electron chi connectivity index (χ4n) is 0.142. The van der Waals surface area contributed by atoms with Crippen molar-refractivity contribution in [2.75, 3.05) is 0 Å². The fourth-order valence-corrected chi connectivity index (χ4v) is 0.142. The molecular formula is C5H19LiMgN2O5Si. The van der Waals surface area contributed by atoms with Crippen LogP contribution < -0.4 is 11.9 Å². The summed E-state index contributed by atoms with van der Waals surface area (Å²) in [4.78, 5) is 39.4. The van der Waals surface area contributed by atoms with E-state index in [1.54, 1.807) is 19.9 Å². The van der Waals surface area contributed by atoms with Gasteiger partial charge in [0, 0.05) is 5.57 Å². The molecule has 0 saturated carbocycles. The number of primary amides is 1. The second kappa shape index (κ2) is 14.6. The van der Waals surface area contributed by atoms with Gasteiger partial charge in [-0.3, -0.25) is 4.79 Å². The van der Waals surface area contributed by atoms with E-state index in [1.807, 2.05) is 0 Å². The maximum atomic E-state index is 10.1. The molecule has 0 aromatic rings. The molecule has 0 saturated heterocycles. The Morgan fingerprint density at radius 2 is 1.47 bits per heavy atom. The number of amides is 1. The zero-order valence-electron chi connectivity index (χ0n) is 7.56. The molecule has 0 rings (SSSR count). The van der Waals surface area contributed by atoms with Crippen molar-refractivity contribution in [2.24, 2.45) is 5.73 Å². The number of hydrogen-bond acceptors (Lipinski definition) is 6. The van der Waals surface area contributed by atoms with Crippen LogP contribution in [-0.4, -0.2) is 76.1 Å². The summed E-state index contributed by atoms with van der Waals surface area (Å²) in [6.07, 6.45) is 1.68. The SMILES string of the molecule is CC=C(C)C(N)=O.N.O[Si](O)(O)O.[LiH].[MgH2]. The van der Waals surface area contributed by atoms with E-state index < -0.39 is 9.05 Å². The van der Waals surface area contributed by atoms with Crippen LogP contribution in [0.15, 0.2) is 11.6 Å². The second-order valence-electron chi connectivity index (χ2n) is 1.94. The van der Waals surface area contributed by atoms with Crippen LogP contribution in [-0.2, 0) is 4.79 Å². The first-order valence-electron chi connectivity index (χ1n) is 3.00. The quantitative estimate of drug-likeness (QED) is 0.207. The van der Waals surface area contributed by atoms with Gasteiger partial charge in [-0.25, -0.2) is 0 Å². The summed E-state index contributed by atoms with van der Waals surface area (Å²) in [6.45, 7) is 3.46. The predicted molar refractivity (Wildman–Crippen MR) is 64.0 cm³/mol. The number of allylic oxidation sites excluding steroid dienone is 1. The fraction of sp³-hybridized carbons (Fsp3) is 0.400. The molecule has 0 aliphatic carbocycles. The molecule has 10 heteroatoms. The molecule has 0 aliphatic heterocycles. The molecule has 1 amide bonds. The number of hydrogen-bond donors (Lipinski definition) is 6. The van der Waals surface area contributed by atoms with Gasteiger partial charge in [-0.15, -0.1) is 0 Å². The Hall–Kier alpha value is 0.591. The van der Waals surface area contributed by atoms with Gasteiger partial charge in [-0.05, 0) is 13.8 Å². The van der Waals surface area contributed by atoms with E-state index in [0.29, 0.717) is 5.57 Å². The Morgan fingerprint density at radius 1 is 1.27 bits per heavy atom. The van der Waals surface area contributed by atoms with Crippen LogP contribution in [0, 0.1) is 0 Å². The van der Waals surface area contributed by atoms with Gasteiger partial charge in [-0.2, -0.15) is 0 Å². The van der Waals surface area contributed by atoms with Gasteiger partial charge < -0.3 is 31.1 Å². The summed E-state index contributed by atoms with van der Waals surface area (Å²) in [6, 6.07) is 0. The minimum absolute atomic E-state index is 0. The van der Waals surface area contributed by atoms with Gasteiger partial charge in [0.25, 0.3) is 0 Å². The van der Waals surface area contributed by atoms with E-state index in [0.717, 1.165) is 0 Å². The van der Waals surface area contributed by atoms with Crippen molar-refractivity contribution >= 4 is 56.9 Å². The third kappa shape index (κ3) is 53.2. The van der Waals surface area contributed by atoms with Crippen LogP contribution in [0.3, 0.4) is 0 Å². The first-order valence-corrected chi connectivity index (χ1v) is 4.79. The minimum atomic E-state index is -4.61. The second-order valence-corrected chi connectivity index (χ2v) is 3.14. The topological polar surface area (TPSA) is 159 Å². The van der Waals surface area contributed by atoms with E-state index >= 15 is 0 Å². The van der Waals surface area contributed by atoms with Crippen molar-refractivity contribution in [3.05, 3.63) is 11.6 Å². The van der Waals surface area contributed by atoms with Gasteiger partial charge in [0.2, 0.25) is 5.91 Å². The molecule has 0 aromatic heterocycles. The number of carbonyl (C=O) groups is 1. The van der Waals surface area contributed by atoms with Gasteiger partial charge in [0.1, 0.15) is 0 Å².